The van der Waals surface area contributed by atoms with Crippen LogP contribution in [0.25, 0.3) is 0 Å². The van der Waals surface area contributed by atoms with Crippen LogP contribution < -0.4 is 0 Å². The van der Waals surface area contributed by atoms with E-state index in [4.69, 9.17) is 5.26 Å². The standard InChI is InChI=1S/C12H8FN3S/c1-8-5-10(7-14)16-12(15-8)17-11-4-2-3-9(13)6-11/h2-6H,1H3. The maximum atomic E-state index is 13.0. The molecule has 0 amide bonds. The van der Waals surface area contributed by atoms with Crippen LogP contribution in [0.2, 0.25) is 0 Å². The van der Waals surface area contributed by atoms with Gasteiger partial charge in [0.05, 0.1) is 0 Å². The average Bonchev–Trinajstić information content (AvgIpc) is 2.28. The Kier molecular flexibility index (Phi) is 3.35. The highest BCUT2D eigenvalue weighted by Crippen LogP contribution is 2.25. The highest BCUT2D eigenvalue weighted by Gasteiger charge is 2.04. The number of aryl methyl sites for hydroxylation is 1. The first-order valence-electron chi connectivity index (χ1n) is 4.86. The summed E-state index contributed by atoms with van der Waals surface area (Å²) in [6.07, 6.45) is 0. The third kappa shape index (κ3) is 3.02. The molecule has 0 atom stereocenters. The summed E-state index contributed by atoms with van der Waals surface area (Å²) in [5, 5.41) is 9.24. The monoisotopic (exact) mass is 245 g/mol. The third-order valence-corrected chi connectivity index (χ3v) is 2.81. The van der Waals surface area contributed by atoms with Gasteiger partial charge in [-0.2, -0.15) is 5.26 Å². The number of hydrogen-bond donors (Lipinski definition) is 0. The van der Waals surface area contributed by atoms with Crippen LogP contribution in [-0.4, -0.2) is 9.97 Å². The van der Waals surface area contributed by atoms with Gasteiger partial charge < -0.3 is 0 Å². The minimum Gasteiger partial charge on any atom is -0.228 e. The van der Waals surface area contributed by atoms with E-state index in [-0.39, 0.29) is 5.82 Å². The van der Waals surface area contributed by atoms with E-state index in [1.54, 1.807) is 25.1 Å². The van der Waals surface area contributed by atoms with Crippen molar-refractivity contribution in [3.05, 3.63) is 47.5 Å². The highest BCUT2D eigenvalue weighted by molar-refractivity contribution is 7.99. The van der Waals surface area contributed by atoms with Crippen LogP contribution in [0.3, 0.4) is 0 Å². The Bertz CT molecular complexity index is 593. The molecule has 5 heteroatoms. The Hall–Kier alpha value is -1.93. The Morgan fingerprint density at radius 2 is 2.12 bits per heavy atom. The first-order chi connectivity index (χ1) is 8.17. The van der Waals surface area contributed by atoms with Crippen LogP contribution in [-0.2, 0) is 0 Å². The molecule has 1 aromatic carbocycles. The van der Waals surface area contributed by atoms with E-state index >= 15 is 0 Å². The van der Waals surface area contributed by atoms with Gasteiger partial charge in [0.2, 0.25) is 0 Å². The van der Waals surface area contributed by atoms with Gasteiger partial charge in [-0.25, -0.2) is 14.4 Å². The summed E-state index contributed by atoms with van der Waals surface area (Å²) in [6.45, 7) is 1.79. The highest BCUT2D eigenvalue weighted by atomic mass is 32.2. The van der Waals surface area contributed by atoms with Crippen molar-refractivity contribution in [3.63, 3.8) is 0 Å². The zero-order valence-electron chi connectivity index (χ0n) is 9.01. The molecule has 0 saturated heterocycles. The Morgan fingerprint density at radius 3 is 2.82 bits per heavy atom. The van der Waals surface area contributed by atoms with Crippen molar-refractivity contribution < 1.29 is 4.39 Å². The van der Waals surface area contributed by atoms with Crippen molar-refractivity contribution in [3.8, 4) is 6.07 Å². The second-order valence-corrected chi connectivity index (χ2v) is 4.39. The lowest BCUT2D eigenvalue weighted by Gasteiger charge is -2.01. The molecule has 3 nitrogen and oxygen atoms in total. The van der Waals surface area contributed by atoms with E-state index in [2.05, 4.69) is 9.97 Å². The van der Waals surface area contributed by atoms with Crippen LogP contribution in [0, 0.1) is 24.1 Å². The van der Waals surface area contributed by atoms with Crippen LogP contribution >= 0.6 is 11.8 Å². The molecule has 1 aromatic heterocycles. The van der Waals surface area contributed by atoms with Crippen LogP contribution in [0.1, 0.15) is 11.4 Å². The molecule has 84 valence electrons. The lowest BCUT2D eigenvalue weighted by atomic mass is 10.3. The fourth-order valence-corrected chi connectivity index (χ4v) is 2.14. The maximum Gasteiger partial charge on any atom is 0.193 e. The molecule has 0 aliphatic heterocycles. The fraction of sp³-hybridized carbons (Fsp3) is 0.0833. The molecule has 2 aromatic rings. The molecule has 0 spiro atoms. The van der Waals surface area contributed by atoms with Gasteiger partial charge in [0.25, 0.3) is 0 Å². The second-order valence-electron chi connectivity index (χ2n) is 3.35. The molecular formula is C12H8FN3S. The van der Waals surface area contributed by atoms with E-state index in [0.717, 1.165) is 5.69 Å². The van der Waals surface area contributed by atoms with Gasteiger partial charge in [0, 0.05) is 10.6 Å². The summed E-state index contributed by atoms with van der Waals surface area (Å²) in [5.74, 6) is -0.303. The van der Waals surface area contributed by atoms with Crippen LogP contribution in [0.5, 0.6) is 0 Å². The molecule has 0 aliphatic carbocycles. The Morgan fingerprint density at radius 1 is 1.29 bits per heavy atom. The third-order valence-electron chi connectivity index (χ3n) is 1.95. The van der Waals surface area contributed by atoms with E-state index in [1.165, 1.54) is 23.9 Å². The largest absolute Gasteiger partial charge is 0.228 e. The predicted octanol–water partition coefficient (Wildman–Crippen LogP) is 2.95. The quantitative estimate of drug-likeness (QED) is 0.763. The topological polar surface area (TPSA) is 49.6 Å². The van der Waals surface area contributed by atoms with Gasteiger partial charge in [-0.1, -0.05) is 6.07 Å². The van der Waals surface area contributed by atoms with Crippen molar-refractivity contribution in [2.45, 2.75) is 17.0 Å². The summed E-state index contributed by atoms with van der Waals surface area (Å²) in [7, 11) is 0. The lowest BCUT2D eigenvalue weighted by molar-refractivity contribution is 0.624. The molecule has 0 N–H and O–H groups in total. The number of benzene rings is 1. The first kappa shape index (κ1) is 11.6. The summed E-state index contributed by atoms with van der Waals surface area (Å²) in [4.78, 5) is 8.94. The molecule has 2 rings (SSSR count). The molecule has 0 bridgehead atoms. The van der Waals surface area contributed by atoms with Gasteiger partial charge in [0.1, 0.15) is 17.6 Å². The van der Waals surface area contributed by atoms with E-state index in [0.29, 0.717) is 15.7 Å². The fourth-order valence-electron chi connectivity index (χ4n) is 1.28. The zero-order valence-corrected chi connectivity index (χ0v) is 9.83. The number of aromatic nitrogens is 2. The maximum absolute atomic E-state index is 13.0. The summed E-state index contributed by atoms with van der Waals surface area (Å²) < 4.78 is 13.0. The van der Waals surface area contributed by atoms with Crippen molar-refractivity contribution >= 4 is 11.8 Å². The van der Waals surface area contributed by atoms with Gasteiger partial charge in [-0.15, -0.1) is 0 Å². The number of rotatable bonds is 2. The lowest BCUT2D eigenvalue weighted by Crippen LogP contribution is -1.93. The summed E-state index contributed by atoms with van der Waals surface area (Å²) in [6, 6.07) is 9.75. The molecule has 0 saturated carbocycles. The van der Waals surface area contributed by atoms with Gasteiger partial charge in [-0.3, -0.25) is 0 Å². The van der Waals surface area contributed by atoms with E-state index in [9.17, 15) is 4.39 Å². The second kappa shape index (κ2) is 4.93. The van der Waals surface area contributed by atoms with E-state index < -0.39 is 0 Å². The van der Waals surface area contributed by atoms with Crippen molar-refractivity contribution in [2.75, 3.05) is 0 Å². The smallest absolute Gasteiger partial charge is 0.193 e. The molecule has 17 heavy (non-hydrogen) atoms. The summed E-state index contributed by atoms with van der Waals surface area (Å²) >= 11 is 1.23. The minimum absolute atomic E-state index is 0.303. The average molecular weight is 245 g/mol. The Balaban J connectivity index is 2.30. The van der Waals surface area contributed by atoms with Crippen LogP contribution in [0.4, 0.5) is 4.39 Å². The molecular weight excluding hydrogens is 237 g/mol. The van der Waals surface area contributed by atoms with Gasteiger partial charge >= 0.3 is 0 Å². The Labute approximate surface area is 102 Å². The first-order valence-corrected chi connectivity index (χ1v) is 5.68. The van der Waals surface area contributed by atoms with Crippen molar-refractivity contribution in [1.29, 1.82) is 5.26 Å². The molecule has 0 aliphatic rings. The molecule has 0 unspecified atom stereocenters. The number of hydrogen-bond acceptors (Lipinski definition) is 4. The SMILES string of the molecule is Cc1cc(C#N)nc(Sc2cccc(F)c2)n1. The molecule has 0 fully saturated rings. The van der Waals surface area contributed by atoms with Crippen molar-refractivity contribution in [1.82, 2.24) is 9.97 Å². The van der Waals surface area contributed by atoms with Crippen LogP contribution in [0.15, 0.2) is 40.4 Å². The predicted molar refractivity (Wildman–Crippen MR) is 62.0 cm³/mol. The van der Waals surface area contributed by atoms with E-state index in [1.807, 2.05) is 6.07 Å². The normalized spacial score (nSPS) is 9.94. The van der Waals surface area contributed by atoms with Gasteiger partial charge in [0.15, 0.2) is 5.16 Å². The zero-order chi connectivity index (χ0) is 12.3. The molecule has 0 radical (unpaired) electrons. The molecule has 1 heterocycles. The number of halogens is 1. The summed E-state index contributed by atoms with van der Waals surface area (Å²) in [5.41, 5.74) is 1.03. The van der Waals surface area contributed by atoms with Gasteiger partial charge in [-0.05, 0) is 43.0 Å². The number of nitriles is 1. The minimum atomic E-state index is -0.303. The number of nitrogens with zero attached hydrogens (tertiary/aromatic N) is 3. The van der Waals surface area contributed by atoms with Crippen molar-refractivity contribution in [2.24, 2.45) is 0 Å².